The quantitative estimate of drug-likeness (QED) is 0.471. The van der Waals surface area contributed by atoms with Crippen LogP contribution >= 0.6 is 0 Å². The van der Waals surface area contributed by atoms with Crippen LogP contribution in [0.5, 0.6) is 0 Å². The zero-order valence-electron chi connectivity index (χ0n) is 17.5. The fourth-order valence-electron chi connectivity index (χ4n) is 4.45. The molecular weight excluding hydrogens is 350 g/mol. The first-order valence-electron chi connectivity index (χ1n) is 10.8. The molecule has 2 unspecified atom stereocenters. The maximum Gasteiger partial charge on any atom is 0.188 e. The molecule has 0 amide bonds. The van der Waals surface area contributed by atoms with Crippen LogP contribution in [0, 0.1) is 0 Å². The van der Waals surface area contributed by atoms with E-state index in [0.29, 0.717) is 18.5 Å². The minimum atomic E-state index is -0.0668. The van der Waals surface area contributed by atoms with Crippen LogP contribution in [-0.4, -0.2) is 61.8 Å². The summed E-state index contributed by atoms with van der Waals surface area (Å²) in [6.45, 7) is 9.84. The Hall–Kier alpha value is -1.63. The van der Waals surface area contributed by atoms with Gasteiger partial charge in [0.25, 0.3) is 0 Å². The van der Waals surface area contributed by atoms with Gasteiger partial charge in [-0.1, -0.05) is 37.3 Å². The fourth-order valence-corrected chi connectivity index (χ4v) is 4.45. The minimum Gasteiger partial charge on any atom is -0.381 e. The molecule has 0 bridgehead atoms. The summed E-state index contributed by atoms with van der Waals surface area (Å²) in [5, 5.41) is 7.20. The molecular formula is C22H37N5O. The van der Waals surface area contributed by atoms with Crippen molar-refractivity contribution in [3.8, 4) is 0 Å². The maximum atomic E-state index is 6.22. The van der Waals surface area contributed by atoms with Crippen molar-refractivity contribution in [1.29, 1.82) is 0 Å². The fraction of sp³-hybridized carbons (Fsp3) is 0.682. The summed E-state index contributed by atoms with van der Waals surface area (Å²) in [5.74, 6) is 0.558. The number of likely N-dealkylation sites (N-methyl/N-ethyl adjacent to an activating group) is 1. The summed E-state index contributed by atoms with van der Waals surface area (Å²) < 4.78 is 5.62. The lowest BCUT2D eigenvalue weighted by molar-refractivity contribution is 0.0374. The Balaban J connectivity index is 1.57. The van der Waals surface area contributed by atoms with E-state index in [-0.39, 0.29) is 11.6 Å². The largest absolute Gasteiger partial charge is 0.381 e. The zero-order valence-corrected chi connectivity index (χ0v) is 17.5. The molecule has 2 saturated heterocycles. The van der Waals surface area contributed by atoms with Crippen molar-refractivity contribution in [2.24, 2.45) is 10.7 Å². The van der Waals surface area contributed by atoms with E-state index in [1.54, 1.807) is 0 Å². The van der Waals surface area contributed by atoms with Gasteiger partial charge in [0.05, 0.1) is 6.54 Å². The Kier molecular flexibility index (Phi) is 7.71. The first-order valence-corrected chi connectivity index (χ1v) is 10.8. The highest BCUT2D eigenvalue weighted by atomic mass is 16.5. The first kappa shape index (κ1) is 21.1. The number of hydrogen-bond donors (Lipinski definition) is 3. The van der Waals surface area contributed by atoms with Gasteiger partial charge in [0.1, 0.15) is 0 Å². The summed E-state index contributed by atoms with van der Waals surface area (Å²) in [4.78, 5) is 7.24. The Morgan fingerprint density at radius 3 is 2.79 bits per heavy atom. The van der Waals surface area contributed by atoms with Gasteiger partial charge in [-0.05, 0) is 51.3 Å². The zero-order chi connectivity index (χ0) is 19.8. The third-order valence-electron chi connectivity index (χ3n) is 6.25. The van der Waals surface area contributed by atoms with E-state index in [1.165, 1.54) is 24.9 Å². The highest BCUT2D eigenvalue weighted by molar-refractivity contribution is 5.77. The Morgan fingerprint density at radius 1 is 1.32 bits per heavy atom. The van der Waals surface area contributed by atoms with Crippen molar-refractivity contribution in [2.45, 2.75) is 57.2 Å². The van der Waals surface area contributed by atoms with Gasteiger partial charge in [-0.15, -0.1) is 0 Å². The highest BCUT2D eigenvalue weighted by Crippen LogP contribution is 2.26. The van der Waals surface area contributed by atoms with E-state index in [2.05, 4.69) is 59.7 Å². The molecule has 0 aliphatic carbocycles. The molecule has 2 aliphatic heterocycles. The van der Waals surface area contributed by atoms with Crippen LogP contribution in [0.3, 0.4) is 0 Å². The number of nitrogens with zero attached hydrogens (tertiary/aromatic N) is 2. The predicted octanol–water partition coefficient (Wildman–Crippen LogP) is 2.28. The molecule has 2 aliphatic rings. The molecule has 28 heavy (non-hydrogen) atoms. The van der Waals surface area contributed by atoms with Crippen molar-refractivity contribution in [1.82, 2.24) is 15.5 Å². The van der Waals surface area contributed by atoms with Crippen LogP contribution in [0.15, 0.2) is 35.3 Å². The topological polar surface area (TPSA) is 74.9 Å². The van der Waals surface area contributed by atoms with E-state index in [1.807, 2.05) is 0 Å². The smallest absolute Gasteiger partial charge is 0.188 e. The number of hydrogen-bond acceptors (Lipinski definition) is 4. The lowest BCUT2D eigenvalue weighted by Gasteiger charge is -2.39. The molecule has 2 fully saturated rings. The summed E-state index contributed by atoms with van der Waals surface area (Å²) in [6.07, 6.45) is 4.42. The number of nitrogens with two attached hydrogens (primary N) is 1. The van der Waals surface area contributed by atoms with Crippen LogP contribution in [0.1, 0.15) is 51.1 Å². The summed E-state index contributed by atoms with van der Waals surface area (Å²) in [7, 11) is 0. The molecule has 0 saturated carbocycles. The molecule has 0 aromatic heterocycles. The second-order valence-electron chi connectivity index (χ2n) is 8.18. The van der Waals surface area contributed by atoms with Crippen molar-refractivity contribution in [3.05, 3.63) is 35.9 Å². The molecule has 6 nitrogen and oxygen atoms in total. The molecule has 6 heteroatoms. The number of nitrogens with one attached hydrogen (secondary N) is 2. The number of benzene rings is 1. The van der Waals surface area contributed by atoms with Gasteiger partial charge >= 0.3 is 0 Å². The van der Waals surface area contributed by atoms with E-state index in [4.69, 9.17) is 15.5 Å². The van der Waals surface area contributed by atoms with Gasteiger partial charge in [-0.2, -0.15) is 0 Å². The third kappa shape index (κ3) is 5.69. The molecule has 0 radical (unpaired) electrons. The second kappa shape index (κ2) is 10.2. The van der Waals surface area contributed by atoms with E-state index in [0.717, 1.165) is 39.1 Å². The van der Waals surface area contributed by atoms with Crippen LogP contribution in [0.25, 0.3) is 0 Å². The normalized spacial score (nSPS) is 24.2. The summed E-state index contributed by atoms with van der Waals surface area (Å²) in [5.41, 5.74) is 7.45. The maximum absolute atomic E-state index is 6.22. The van der Waals surface area contributed by atoms with Gasteiger partial charge in [-0.25, -0.2) is 0 Å². The second-order valence-corrected chi connectivity index (χ2v) is 8.18. The summed E-state index contributed by atoms with van der Waals surface area (Å²) >= 11 is 0. The number of rotatable bonds is 8. The van der Waals surface area contributed by atoms with Gasteiger partial charge in [0.2, 0.25) is 0 Å². The number of aliphatic imine (C=N–C) groups is 1. The number of ether oxygens (including phenoxy) is 1. The average Bonchev–Trinajstić information content (AvgIpc) is 3.20. The number of likely N-dealkylation sites (tertiary alicyclic amines) is 1. The van der Waals surface area contributed by atoms with E-state index < -0.39 is 0 Å². The third-order valence-corrected chi connectivity index (χ3v) is 6.25. The van der Waals surface area contributed by atoms with Crippen LogP contribution in [0.4, 0.5) is 0 Å². The predicted molar refractivity (Wildman–Crippen MR) is 116 cm³/mol. The minimum absolute atomic E-state index is 0.0668. The number of guanidine groups is 1. The first-order chi connectivity index (χ1) is 13.6. The van der Waals surface area contributed by atoms with Crippen LogP contribution in [0.2, 0.25) is 0 Å². The SMILES string of the molecule is CCN1CCCC1CNC(N)=NCC1(NC(C)c2ccccc2)CCOCC1. The van der Waals surface area contributed by atoms with Crippen molar-refractivity contribution in [2.75, 3.05) is 39.4 Å². The van der Waals surface area contributed by atoms with E-state index in [9.17, 15) is 0 Å². The molecule has 1 aromatic rings. The summed E-state index contributed by atoms with van der Waals surface area (Å²) in [6, 6.07) is 11.4. The van der Waals surface area contributed by atoms with Crippen molar-refractivity contribution >= 4 is 5.96 Å². The van der Waals surface area contributed by atoms with Gasteiger partial charge < -0.3 is 21.1 Å². The molecule has 1 aromatic carbocycles. The molecule has 3 rings (SSSR count). The highest BCUT2D eigenvalue weighted by Gasteiger charge is 2.34. The molecule has 2 atom stereocenters. The molecule has 2 heterocycles. The molecule has 4 N–H and O–H groups in total. The van der Waals surface area contributed by atoms with Gasteiger partial charge in [-0.3, -0.25) is 9.89 Å². The van der Waals surface area contributed by atoms with Gasteiger partial charge in [0.15, 0.2) is 5.96 Å². The van der Waals surface area contributed by atoms with Crippen molar-refractivity contribution in [3.63, 3.8) is 0 Å². The van der Waals surface area contributed by atoms with Gasteiger partial charge in [0, 0.05) is 37.4 Å². The standard InChI is InChI=1S/C22H37N5O/c1-3-27-13-7-10-20(27)16-24-21(23)25-17-22(11-14-28-15-12-22)26-18(2)19-8-5-4-6-9-19/h4-6,8-9,18,20,26H,3,7,10-17H2,1-2H3,(H3,23,24,25). The van der Waals surface area contributed by atoms with E-state index >= 15 is 0 Å². The lowest BCUT2D eigenvalue weighted by Crippen LogP contribution is -2.53. The molecule has 156 valence electrons. The Labute approximate surface area is 169 Å². The monoisotopic (exact) mass is 387 g/mol. The van der Waals surface area contributed by atoms with Crippen LogP contribution in [-0.2, 0) is 4.74 Å². The Bertz CT molecular complexity index is 615. The van der Waals surface area contributed by atoms with Crippen molar-refractivity contribution < 1.29 is 4.74 Å². The Morgan fingerprint density at radius 2 is 2.07 bits per heavy atom. The van der Waals surface area contributed by atoms with Crippen LogP contribution < -0.4 is 16.4 Å². The molecule has 0 spiro atoms. The lowest BCUT2D eigenvalue weighted by atomic mass is 9.88. The average molecular weight is 388 g/mol.